The van der Waals surface area contributed by atoms with Crippen molar-refractivity contribution in [2.75, 3.05) is 13.8 Å². The Bertz CT molecular complexity index is 811. The van der Waals surface area contributed by atoms with Gasteiger partial charge in [0.15, 0.2) is 0 Å². The molecule has 0 radical (unpaired) electrons. The third kappa shape index (κ3) is 2.86. The number of carbonyl (C=O) groups is 1. The van der Waals surface area contributed by atoms with E-state index in [2.05, 4.69) is 6.66 Å². The smallest absolute Gasteiger partial charge is 0.147 e. The quantitative estimate of drug-likeness (QED) is 0.503. The number of hydrogen-bond donors (Lipinski definition) is 0. The first-order valence-corrected chi connectivity index (χ1v) is 10.6. The molecule has 0 aliphatic carbocycles. The second-order valence-electron chi connectivity index (χ2n) is 6.10. The summed E-state index contributed by atoms with van der Waals surface area (Å²) < 4.78 is 5.64. The van der Waals surface area contributed by atoms with Crippen LogP contribution in [-0.4, -0.2) is 19.8 Å². The molecule has 0 N–H and O–H groups in total. The Morgan fingerprint density at radius 1 is 0.760 bits per heavy atom. The maximum Gasteiger partial charge on any atom is -0.147 e. The maximum absolute atomic E-state index is 12.8. The number of hydrogen-bond acceptors (Lipinski definition) is 2. The molecule has 3 rings (SSSR count). The monoisotopic (exact) mass is 372 g/mol. The molecule has 0 heterocycles. The number of methoxy groups -OCH3 is 1. The van der Waals surface area contributed by atoms with Crippen molar-refractivity contribution < 1.29 is 9.53 Å². The fraction of sp³-hybridized carbons (Fsp3) is 0.0952. The predicted molar refractivity (Wildman–Crippen MR) is 112 cm³/mol. The van der Waals surface area contributed by atoms with Gasteiger partial charge in [-0.25, -0.2) is 0 Å². The van der Waals surface area contributed by atoms with E-state index in [1.807, 2.05) is 84.9 Å². The van der Waals surface area contributed by atoms with Crippen molar-refractivity contribution in [3.8, 4) is 5.75 Å². The van der Waals surface area contributed by atoms with E-state index in [4.69, 9.17) is 4.74 Å². The molecule has 25 heavy (non-hydrogen) atoms. The minimum atomic E-state index is -3.28. The summed E-state index contributed by atoms with van der Waals surface area (Å²) in [6.07, 6.45) is 0. The molecule has 0 saturated carbocycles. The fourth-order valence-corrected chi connectivity index (χ4v) is 7.63. The summed E-state index contributed by atoms with van der Waals surface area (Å²) >= 11 is 0. The van der Waals surface area contributed by atoms with Crippen LogP contribution < -0.4 is 20.7 Å². The van der Waals surface area contributed by atoms with Crippen LogP contribution in [0.4, 0.5) is 0 Å². The van der Waals surface area contributed by atoms with Gasteiger partial charge in [0.25, 0.3) is 0 Å². The zero-order valence-electron chi connectivity index (χ0n) is 14.3. The predicted octanol–water partition coefficient (Wildman–Crippen LogP) is 3.77. The van der Waals surface area contributed by atoms with E-state index >= 15 is 0 Å². The van der Waals surface area contributed by atoms with Crippen LogP contribution >= 0.6 is 19.0 Å². The van der Waals surface area contributed by atoms with Crippen molar-refractivity contribution in [1.29, 1.82) is 0 Å². The molecule has 0 atom stereocenters. The molecule has 3 aromatic rings. The van der Waals surface area contributed by atoms with Gasteiger partial charge in [-0.3, -0.25) is 0 Å². The largest absolute Gasteiger partial charge is 0.147 e. The molecular weight excluding hydrogens is 351 g/mol. The van der Waals surface area contributed by atoms with E-state index in [0.29, 0.717) is 0 Å². The van der Waals surface area contributed by atoms with E-state index in [-0.39, 0.29) is 12.4 Å². The number of carbonyl (C=O) groups excluding carboxylic acids is 1. The van der Waals surface area contributed by atoms with Crippen LogP contribution in [0.3, 0.4) is 0 Å². The Hall–Kier alpha value is -2.15. The van der Waals surface area contributed by atoms with E-state index in [1.54, 1.807) is 7.11 Å². The summed E-state index contributed by atoms with van der Waals surface area (Å²) in [4.78, 5) is 12.8. The van der Waals surface area contributed by atoms with Crippen molar-refractivity contribution in [2.24, 2.45) is 0 Å². The fourth-order valence-electron chi connectivity index (χ4n) is 3.34. The first kappa shape index (κ1) is 19.2. The van der Waals surface area contributed by atoms with Crippen molar-refractivity contribution in [3.05, 3.63) is 84.9 Å². The summed E-state index contributed by atoms with van der Waals surface area (Å²) in [6.45, 7) is -1.18. The summed E-state index contributed by atoms with van der Waals surface area (Å²) in [5, 5.41) is 3.03. The first-order valence-electron chi connectivity index (χ1n) is 7.87. The van der Waals surface area contributed by atoms with Gasteiger partial charge in [0.1, 0.15) is 0 Å². The van der Waals surface area contributed by atoms with Crippen LogP contribution in [0.15, 0.2) is 84.9 Å². The molecule has 0 amide bonds. The molecule has 2 nitrogen and oxygen atoms in total. The standard InChI is InChI=1S/C21H21O2P.ClH/c1-23-20-15-9-10-16-21(20)24(2,17-22,18-11-5-3-6-12-18)19-13-7-4-8-14-19;/h3-17H,1-2H3;1H. The first-order chi connectivity index (χ1) is 11.6. The minimum Gasteiger partial charge on any atom is -0.147 e. The Morgan fingerprint density at radius 3 is 1.64 bits per heavy atom. The van der Waals surface area contributed by atoms with Gasteiger partial charge in [0, 0.05) is 0 Å². The number of benzene rings is 3. The van der Waals surface area contributed by atoms with E-state index in [1.165, 1.54) is 0 Å². The molecule has 0 aliphatic rings. The van der Waals surface area contributed by atoms with Gasteiger partial charge in [-0.2, -0.15) is 0 Å². The summed E-state index contributed by atoms with van der Waals surface area (Å²) in [7, 11) is 1.65. The number of para-hydroxylation sites is 1. The molecule has 0 fully saturated rings. The average molecular weight is 373 g/mol. The third-order valence-corrected chi connectivity index (χ3v) is 10.2. The van der Waals surface area contributed by atoms with Crippen LogP contribution in [0.5, 0.6) is 5.75 Å². The van der Waals surface area contributed by atoms with Crippen LogP contribution in [0.2, 0.25) is 0 Å². The Labute approximate surface area is 155 Å². The Kier molecular flexibility index (Phi) is 5.67. The minimum absolute atomic E-state index is 0. The van der Waals surface area contributed by atoms with Gasteiger partial charge in [-0.1, -0.05) is 0 Å². The molecule has 0 aromatic heterocycles. The molecule has 130 valence electrons. The van der Waals surface area contributed by atoms with Crippen LogP contribution in [0.25, 0.3) is 0 Å². The SMILES string of the molecule is COc1ccccc1P(C)(C=O)(c1ccccc1)c1ccccc1.Cl. The molecule has 0 bridgehead atoms. The molecular formula is C21H22ClO2P. The number of halogens is 1. The van der Waals surface area contributed by atoms with Crippen LogP contribution in [-0.2, 0) is 4.79 Å². The molecule has 3 aromatic carbocycles. The zero-order valence-corrected chi connectivity index (χ0v) is 16.0. The maximum atomic E-state index is 12.8. The van der Waals surface area contributed by atoms with E-state index in [9.17, 15) is 4.79 Å². The summed E-state index contributed by atoms with van der Waals surface area (Å²) in [5.41, 5.74) is 0. The Balaban J connectivity index is 0.00000225. The van der Waals surface area contributed by atoms with Gasteiger partial charge in [0.2, 0.25) is 0 Å². The van der Waals surface area contributed by atoms with Crippen LogP contribution in [0, 0.1) is 0 Å². The molecule has 0 unspecified atom stereocenters. The normalized spacial score (nSPS) is 12.3. The Morgan fingerprint density at radius 2 is 1.20 bits per heavy atom. The topological polar surface area (TPSA) is 26.3 Å². The number of rotatable bonds is 5. The molecule has 0 spiro atoms. The van der Waals surface area contributed by atoms with Crippen molar-refractivity contribution in [2.45, 2.75) is 0 Å². The summed E-state index contributed by atoms with van der Waals surface area (Å²) in [6, 6.07) is 29.1. The average Bonchev–Trinajstić information content (AvgIpc) is 2.69. The second-order valence-corrected chi connectivity index (χ2v) is 11.1. The second kappa shape index (κ2) is 7.39. The third-order valence-electron chi connectivity index (χ3n) is 4.81. The molecule has 4 heteroatoms. The molecule has 0 saturated heterocycles. The van der Waals surface area contributed by atoms with E-state index < -0.39 is 6.60 Å². The van der Waals surface area contributed by atoms with Gasteiger partial charge in [-0.15, -0.1) is 12.4 Å². The van der Waals surface area contributed by atoms with Gasteiger partial charge in [-0.05, 0) is 0 Å². The van der Waals surface area contributed by atoms with E-state index in [0.717, 1.165) is 27.7 Å². The number of ether oxygens (including phenoxy) is 1. The van der Waals surface area contributed by atoms with Gasteiger partial charge >= 0.3 is 143 Å². The van der Waals surface area contributed by atoms with Crippen LogP contribution in [0.1, 0.15) is 0 Å². The van der Waals surface area contributed by atoms with Crippen molar-refractivity contribution in [3.63, 3.8) is 0 Å². The van der Waals surface area contributed by atoms with Gasteiger partial charge in [0.05, 0.1) is 0 Å². The van der Waals surface area contributed by atoms with Crippen molar-refractivity contribution in [1.82, 2.24) is 0 Å². The van der Waals surface area contributed by atoms with Gasteiger partial charge < -0.3 is 0 Å². The van der Waals surface area contributed by atoms with Crippen molar-refractivity contribution >= 4 is 41.0 Å². The molecule has 0 aliphatic heterocycles. The summed E-state index contributed by atoms with van der Waals surface area (Å²) in [5.74, 6) is 0.748. The zero-order chi connectivity index (χ0) is 17.1.